The van der Waals surface area contributed by atoms with Gasteiger partial charge < -0.3 is 39.5 Å². The van der Waals surface area contributed by atoms with Crippen LogP contribution in [0.2, 0.25) is 0 Å². The number of rotatable bonds is 28. The van der Waals surface area contributed by atoms with Gasteiger partial charge in [-0.2, -0.15) is 0 Å². The van der Waals surface area contributed by atoms with Gasteiger partial charge in [-0.1, -0.05) is 125 Å². The van der Waals surface area contributed by atoms with Crippen molar-refractivity contribution < 1.29 is 38.9 Å². The van der Waals surface area contributed by atoms with Gasteiger partial charge in [-0.05, 0) is 86.1 Å². The minimum atomic E-state index is -1.31. The van der Waals surface area contributed by atoms with Gasteiger partial charge in [0.1, 0.15) is 24.1 Å². The van der Waals surface area contributed by atoms with Gasteiger partial charge in [0, 0.05) is 50.6 Å². The third-order valence-corrected chi connectivity index (χ3v) is 13.6. The van der Waals surface area contributed by atoms with E-state index in [2.05, 4.69) is 24.9 Å². The van der Waals surface area contributed by atoms with E-state index in [-0.39, 0.29) is 56.0 Å². The molecule has 0 aromatic heterocycles. The van der Waals surface area contributed by atoms with Gasteiger partial charge in [0.05, 0.1) is 18.2 Å². The molecule has 11 nitrogen and oxygen atoms in total. The predicted molar refractivity (Wildman–Crippen MR) is 248 cm³/mol. The molecule has 63 heavy (non-hydrogen) atoms. The van der Waals surface area contributed by atoms with Gasteiger partial charge in [0.2, 0.25) is 11.7 Å². The van der Waals surface area contributed by atoms with Crippen molar-refractivity contribution in [2.45, 2.75) is 153 Å². The van der Waals surface area contributed by atoms with Gasteiger partial charge >= 0.3 is 6.09 Å². The monoisotopic (exact) mass is 870 g/mol. The summed E-state index contributed by atoms with van der Waals surface area (Å²) >= 11 is 0. The zero-order chi connectivity index (χ0) is 44.4. The number of nitrogens with zero attached hydrogens (tertiary/aromatic N) is 2. The Morgan fingerprint density at radius 2 is 1.62 bits per heavy atom. The zero-order valence-corrected chi connectivity index (χ0v) is 38.2. The molecule has 3 aliphatic carbocycles. The number of oxime groups is 1. The Bertz CT molecular complexity index is 1810. The molecule has 2 aromatic carbocycles. The lowest BCUT2D eigenvalue weighted by Gasteiger charge is -2.59. The van der Waals surface area contributed by atoms with Crippen molar-refractivity contribution >= 4 is 17.7 Å². The first-order valence-corrected chi connectivity index (χ1v) is 24.3. The van der Waals surface area contributed by atoms with Crippen molar-refractivity contribution in [2.75, 3.05) is 33.4 Å². The molecule has 0 bridgehead atoms. The number of hydrogen-bond acceptors (Lipinski definition) is 9. The second kappa shape index (κ2) is 24.8. The quantitative estimate of drug-likeness (QED) is 0.0436. The summed E-state index contributed by atoms with van der Waals surface area (Å²) in [4.78, 5) is 35.3. The molecule has 0 radical (unpaired) electrons. The van der Waals surface area contributed by atoms with Gasteiger partial charge in [-0.15, -0.1) is 6.58 Å². The summed E-state index contributed by atoms with van der Waals surface area (Å²) in [6, 6.07) is 15.0. The molecule has 4 aliphatic rings. The Morgan fingerprint density at radius 1 is 0.921 bits per heavy atom. The van der Waals surface area contributed by atoms with E-state index < -0.39 is 23.8 Å². The first-order valence-electron chi connectivity index (χ1n) is 24.3. The predicted octanol–water partition coefficient (Wildman–Crippen LogP) is 10.4. The first kappa shape index (κ1) is 48.3. The van der Waals surface area contributed by atoms with Crippen LogP contribution in [-0.2, 0) is 21.0 Å². The number of carbonyl (C=O) groups excluding carboxylic acids is 2. The maximum absolute atomic E-state index is 14.1. The third kappa shape index (κ3) is 12.8. The number of aliphatic hydroxyl groups is 2. The molecule has 346 valence electrons. The lowest BCUT2D eigenvalue weighted by Crippen LogP contribution is -2.69. The second-order valence-electron chi connectivity index (χ2n) is 18.3. The number of allylic oxidation sites excluding steroid dienone is 1. The third-order valence-electron chi connectivity index (χ3n) is 13.6. The van der Waals surface area contributed by atoms with Crippen molar-refractivity contribution in [1.29, 1.82) is 0 Å². The molecule has 6 rings (SSSR count). The van der Waals surface area contributed by atoms with Crippen molar-refractivity contribution in [3.05, 3.63) is 84.0 Å². The largest absolute Gasteiger partial charge is 0.459 e. The molecule has 0 spiro atoms. The molecule has 11 heteroatoms. The Kier molecular flexibility index (Phi) is 19.0. The summed E-state index contributed by atoms with van der Waals surface area (Å²) < 4.78 is 20.2. The minimum absolute atomic E-state index is 0.0331. The molecule has 0 saturated heterocycles. The van der Waals surface area contributed by atoms with Crippen LogP contribution in [-0.4, -0.2) is 78.1 Å². The molecule has 3 N–H and O–H groups in total. The summed E-state index contributed by atoms with van der Waals surface area (Å²) in [5.74, 6) is -0.712. The molecule has 6 atom stereocenters. The Morgan fingerprint density at radius 3 is 2.30 bits per heavy atom. The fraction of sp³-hybridized carbons (Fsp3) is 0.635. The van der Waals surface area contributed by atoms with Crippen molar-refractivity contribution in [2.24, 2.45) is 28.8 Å². The number of nitrogens with one attached hydrogen (secondary N) is 1. The molecular formula is C52H75N3O8. The van der Waals surface area contributed by atoms with Crippen LogP contribution in [0.4, 0.5) is 4.79 Å². The maximum atomic E-state index is 14.1. The van der Waals surface area contributed by atoms with Crippen molar-refractivity contribution in [3.8, 4) is 11.5 Å². The summed E-state index contributed by atoms with van der Waals surface area (Å²) in [6.45, 7) is 7.51. The molecule has 1 heterocycles. The molecule has 2 amide bonds. The van der Waals surface area contributed by atoms with Gasteiger partial charge in [0.25, 0.3) is 0 Å². The molecule has 0 unspecified atom stereocenters. The second-order valence-corrected chi connectivity index (χ2v) is 18.3. The standard InChI is InChI=1S/C52H75N3O8/c1-4-6-7-8-9-10-11-12-13-19-30-53-51(59)62-41-28-29-46-44(35-41)48-42(25-18-21-32-57)40(24-17-20-31-56)34-43-45(54-61-37-38-22-15-14-16-23-38)36-47(55(3)50(58)39-26-27-39)52(63-46,49(43)48)60-33-5-2/h5,14-16,22-23,28-29,34-35,39-40,42,47-49,56-57H,2,4,6-13,17-21,24-27,30-33,36-37H2,1,3H3,(H,53,59)/t40-,42+,47-,48+,49+,52+/m0/s1. The van der Waals surface area contributed by atoms with Gasteiger partial charge in [0.15, 0.2) is 0 Å². The fourth-order valence-electron chi connectivity index (χ4n) is 10.3. The number of amides is 2. The molecule has 2 fully saturated rings. The van der Waals surface area contributed by atoms with Crippen LogP contribution in [0.3, 0.4) is 0 Å². The van der Waals surface area contributed by atoms with E-state index in [0.717, 1.165) is 73.8 Å². The number of likely N-dealkylation sites (N-methyl/N-ethyl adjacent to an activating group) is 1. The zero-order valence-electron chi connectivity index (χ0n) is 38.2. The molecule has 1 aliphatic heterocycles. The van der Waals surface area contributed by atoms with Crippen LogP contribution in [0.15, 0.2) is 78.0 Å². The first-order chi connectivity index (χ1) is 30.8. The summed E-state index contributed by atoms with van der Waals surface area (Å²) in [6.07, 6.45) is 22.5. The number of unbranched alkanes of at least 4 members (excludes halogenated alkanes) is 11. The number of benzene rings is 2. The van der Waals surface area contributed by atoms with Crippen molar-refractivity contribution in [3.63, 3.8) is 0 Å². The highest BCUT2D eigenvalue weighted by molar-refractivity contribution is 6.03. The van der Waals surface area contributed by atoms with Gasteiger partial charge in [-0.25, -0.2) is 4.79 Å². The Labute approximate surface area is 376 Å². The molecule has 2 aromatic rings. The minimum Gasteiger partial charge on any atom is -0.459 e. The topological polar surface area (TPSA) is 139 Å². The highest BCUT2D eigenvalue weighted by Crippen LogP contribution is 2.62. The van der Waals surface area contributed by atoms with Crippen molar-refractivity contribution in [1.82, 2.24) is 10.2 Å². The lowest BCUT2D eigenvalue weighted by molar-refractivity contribution is -0.255. The normalized spacial score (nSPS) is 24.1. The number of hydrogen-bond donors (Lipinski definition) is 3. The smallest absolute Gasteiger partial charge is 0.412 e. The lowest BCUT2D eigenvalue weighted by atomic mass is 9.55. The van der Waals surface area contributed by atoms with E-state index in [1.807, 2.05) is 54.4 Å². The summed E-state index contributed by atoms with van der Waals surface area (Å²) in [5.41, 5.74) is 3.63. The van der Waals surface area contributed by atoms with Crippen LogP contribution >= 0.6 is 0 Å². The summed E-state index contributed by atoms with van der Waals surface area (Å²) in [7, 11) is 1.86. The average Bonchev–Trinajstić information content (AvgIpc) is 4.15. The molecular weight excluding hydrogens is 795 g/mol. The van der Waals surface area contributed by atoms with Crippen LogP contribution in [0.1, 0.15) is 146 Å². The van der Waals surface area contributed by atoms with E-state index in [4.69, 9.17) is 24.2 Å². The van der Waals surface area contributed by atoms with E-state index in [1.54, 1.807) is 12.1 Å². The summed E-state index contributed by atoms with van der Waals surface area (Å²) in [5, 5.41) is 27.7. The van der Waals surface area contributed by atoms with E-state index >= 15 is 0 Å². The Hall–Kier alpha value is -4.19. The molecule has 2 saturated carbocycles. The van der Waals surface area contributed by atoms with E-state index in [1.165, 1.54) is 51.4 Å². The SMILES string of the molecule is C=CCO[C@@]12Oc3ccc(OC(=O)NCCCCCCCCCCCC)cc3[C@H]3[C@H](CCCCO)[C@@H](CCCCO)C=C(C(=NOCc4ccccc4)C[C@@H]1N(C)C(=O)C1CC1)[C@H]32. The maximum Gasteiger partial charge on any atom is 0.412 e. The highest BCUT2D eigenvalue weighted by Gasteiger charge is 2.65. The van der Waals surface area contributed by atoms with Crippen LogP contribution < -0.4 is 14.8 Å². The number of carbonyl (C=O) groups is 2. The highest BCUT2D eigenvalue weighted by atomic mass is 16.7. The van der Waals surface area contributed by atoms with E-state index in [0.29, 0.717) is 37.3 Å². The van der Waals surface area contributed by atoms with Crippen LogP contribution in [0, 0.1) is 23.7 Å². The van der Waals surface area contributed by atoms with Gasteiger partial charge in [-0.3, -0.25) is 4.79 Å². The number of aliphatic hydroxyl groups excluding tert-OH is 2. The fourth-order valence-corrected chi connectivity index (χ4v) is 10.3. The van der Waals surface area contributed by atoms with Crippen LogP contribution in [0.25, 0.3) is 0 Å². The number of fused-ring (bicyclic) bond motifs is 2. The van der Waals surface area contributed by atoms with Crippen LogP contribution in [0.5, 0.6) is 11.5 Å². The van der Waals surface area contributed by atoms with E-state index in [9.17, 15) is 19.8 Å². The Balaban J connectivity index is 1.33. The average molecular weight is 870 g/mol. The number of ether oxygens (including phenoxy) is 3.